The summed E-state index contributed by atoms with van der Waals surface area (Å²) in [6, 6.07) is 8.78. The zero-order valence-corrected chi connectivity index (χ0v) is 20.7. The van der Waals surface area contributed by atoms with Crippen LogP contribution >= 0.6 is 39.9 Å². The van der Waals surface area contributed by atoms with Gasteiger partial charge >= 0.3 is 0 Å². The van der Waals surface area contributed by atoms with Crippen molar-refractivity contribution >= 4 is 51.6 Å². The molecule has 2 fully saturated rings. The third kappa shape index (κ3) is 6.21. The van der Waals surface area contributed by atoms with Crippen LogP contribution in [0.1, 0.15) is 26.2 Å². The van der Waals surface area contributed by atoms with Crippen LogP contribution in [0.2, 0.25) is 0 Å². The standard InChI is InChI=1S/C20H31BrN4O2.HI/c1-3-22-19(23-15-20(26-2)9-12-27-13-10-20)24-16-8-11-25(14-16)18-7-5-4-6-17(18)21;/h4-7,16H,3,8-15H2,1-2H3,(H2,22,23,24);1H. The van der Waals surface area contributed by atoms with E-state index in [0.29, 0.717) is 12.6 Å². The van der Waals surface area contributed by atoms with Gasteiger partial charge in [-0.25, -0.2) is 0 Å². The first-order valence-corrected chi connectivity index (χ1v) is 10.6. The number of methoxy groups -OCH3 is 1. The Balaban J connectivity index is 0.00000280. The quantitative estimate of drug-likeness (QED) is 0.314. The second-order valence-electron chi connectivity index (χ2n) is 7.22. The fourth-order valence-electron chi connectivity index (χ4n) is 3.71. The average molecular weight is 567 g/mol. The Morgan fingerprint density at radius 3 is 2.79 bits per heavy atom. The highest BCUT2D eigenvalue weighted by molar-refractivity contribution is 14.0. The average Bonchev–Trinajstić information content (AvgIpc) is 3.16. The minimum atomic E-state index is -0.197. The Morgan fingerprint density at radius 1 is 1.36 bits per heavy atom. The lowest BCUT2D eigenvalue weighted by atomic mass is 9.94. The predicted molar refractivity (Wildman–Crippen MR) is 129 cm³/mol. The van der Waals surface area contributed by atoms with Gasteiger partial charge in [0.2, 0.25) is 0 Å². The Morgan fingerprint density at radius 2 is 2.11 bits per heavy atom. The molecule has 1 unspecified atom stereocenters. The van der Waals surface area contributed by atoms with Crippen LogP contribution in [0.15, 0.2) is 33.7 Å². The van der Waals surface area contributed by atoms with E-state index in [4.69, 9.17) is 14.5 Å². The SMILES string of the molecule is CCNC(=NCC1(OC)CCOCC1)NC1CCN(c2ccccc2Br)C1.I. The second kappa shape index (κ2) is 11.6. The molecule has 0 saturated carbocycles. The van der Waals surface area contributed by atoms with Crippen molar-refractivity contribution in [3.8, 4) is 0 Å². The smallest absolute Gasteiger partial charge is 0.191 e. The van der Waals surface area contributed by atoms with Crippen LogP contribution < -0.4 is 15.5 Å². The van der Waals surface area contributed by atoms with Crippen molar-refractivity contribution in [2.24, 2.45) is 4.99 Å². The van der Waals surface area contributed by atoms with Crippen molar-refractivity contribution in [1.29, 1.82) is 0 Å². The van der Waals surface area contributed by atoms with Crippen LogP contribution in [0.5, 0.6) is 0 Å². The minimum absolute atomic E-state index is 0. The highest BCUT2D eigenvalue weighted by atomic mass is 127. The number of aliphatic imine (C=N–C) groups is 1. The molecule has 0 aliphatic carbocycles. The van der Waals surface area contributed by atoms with Gasteiger partial charge in [0.1, 0.15) is 0 Å². The number of anilines is 1. The molecule has 2 aliphatic heterocycles. The van der Waals surface area contributed by atoms with Crippen molar-refractivity contribution in [1.82, 2.24) is 10.6 Å². The first kappa shape index (κ1) is 23.7. The molecule has 0 radical (unpaired) electrons. The van der Waals surface area contributed by atoms with Crippen LogP contribution in [0.25, 0.3) is 0 Å². The molecule has 2 heterocycles. The molecule has 0 aromatic heterocycles. The summed E-state index contributed by atoms with van der Waals surface area (Å²) in [7, 11) is 1.79. The fourth-order valence-corrected chi connectivity index (χ4v) is 4.25. The molecule has 2 N–H and O–H groups in total. The molecule has 158 valence electrons. The van der Waals surface area contributed by atoms with E-state index in [0.717, 1.165) is 62.5 Å². The summed E-state index contributed by atoms with van der Waals surface area (Å²) < 4.78 is 12.4. The largest absolute Gasteiger partial charge is 0.381 e. The molecule has 2 saturated heterocycles. The van der Waals surface area contributed by atoms with Gasteiger partial charge in [-0.1, -0.05) is 12.1 Å². The van der Waals surface area contributed by atoms with Crippen molar-refractivity contribution in [2.75, 3.05) is 51.4 Å². The molecule has 6 nitrogen and oxygen atoms in total. The summed E-state index contributed by atoms with van der Waals surface area (Å²) in [5, 5.41) is 6.99. The van der Waals surface area contributed by atoms with Gasteiger partial charge in [-0.05, 0) is 41.4 Å². The number of guanidine groups is 1. The molecule has 1 aromatic rings. The van der Waals surface area contributed by atoms with Gasteiger partial charge in [-0.2, -0.15) is 0 Å². The van der Waals surface area contributed by atoms with Gasteiger partial charge in [0.25, 0.3) is 0 Å². The molecule has 1 atom stereocenters. The maximum Gasteiger partial charge on any atom is 0.191 e. The van der Waals surface area contributed by atoms with Crippen LogP contribution in [-0.4, -0.2) is 64.1 Å². The van der Waals surface area contributed by atoms with Gasteiger partial charge < -0.3 is 25.0 Å². The third-order valence-corrected chi connectivity index (χ3v) is 6.10. The first-order valence-electron chi connectivity index (χ1n) is 9.83. The van der Waals surface area contributed by atoms with Crippen LogP contribution in [0.3, 0.4) is 0 Å². The van der Waals surface area contributed by atoms with Crippen molar-refractivity contribution in [3.63, 3.8) is 0 Å². The topological polar surface area (TPSA) is 58.1 Å². The van der Waals surface area contributed by atoms with Gasteiger partial charge in [-0.15, -0.1) is 24.0 Å². The second-order valence-corrected chi connectivity index (χ2v) is 8.08. The molecular weight excluding hydrogens is 535 g/mol. The van der Waals surface area contributed by atoms with E-state index in [9.17, 15) is 0 Å². The van der Waals surface area contributed by atoms with Crippen molar-refractivity contribution < 1.29 is 9.47 Å². The number of rotatable bonds is 6. The predicted octanol–water partition coefficient (Wildman–Crippen LogP) is 3.40. The molecule has 0 amide bonds. The molecular formula is C20H32BrIN4O2. The summed E-state index contributed by atoms with van der Waals surface area (Å²) in [6.07, 6.45) is 2.88. The summed E-state index contributed by atoms with van der Waals surface area (Å²) in [6.45, 7) is 7.10. The summed E-state index contributed by atoms with van der Waals surface area (Å²) in [5.41, 5.74) is 1.06. The normalized spacial score (nSPS) is 21.9. The van der Waals surface area contributed by atoms with E-state index in [1.165, 1.54) is 5.69 Å². The Hall–Kier alpha value is -0.580. The number of para-hydroxylation sites is 1. The molecule has 8 heteroatoms. The summed E-state index contributed by atoms with van der Waals surface area (Å²) in [5.74, 6) is 0.874. The number of ether oxygens (including phenoxy) is 2. The highest BCUT2D eigenvalue weighted by Crippen LogP contribution is 2.28. The van der Waals surface area contributed by atoms with E-state index in [1.807, 2.05) is 0 Å². The summed E-state index contributed by atoms with van der Waals surface area (Å²) in [4.78, 5) is 7.26. The zero-order chi connectivity index (χ0) is 19.1. The van der Waals surface area contributed by atoms with E-state index < -0.39 is 0 Å². The minimum Gasteiger partial charge on any atom is -0.381 e. The van der Waals surface area contributed by atoms with E-state index in [-0.39, 0.29) is 29.6 Å². The van der Waals surface area contributed by atoms with Crippen LogP contribution in [0, 0.1) is 0 Å². The molecule has 1 aromatic carbocycles. The molecule has 2 aliphatic rings. The lowest BCUT2D eigenvalue weighted by Crippen LogP contribution is -2.47. The van der Waals surface area contributed by atoms with Crippen LogP contribution in [0.4, 0.5) is 5.69 Å². The highest BCUT2D eigenvalue weighted by Gasteiger charge is 2.32. The monoisotopic (exact) mass is 566 g/mol. The number of benzene rings is 1. The number of hydrogen-bond donors (Lipinski definition) is 2. The third-order valence-electron chi connectivity index (χ3n) is 5.43. The first-order chi connectivity index (χ1) is 13.2. The molecule has 0 bridgehead atoms. The number of nitrogens with zero attached hydrogens (tertiary/aromatic N) is 2. The lowest BCUT2D eigenvalue weighted by Gasteiger charge is -2.34. The Kier molecular flexibility index (Phi) is 9.79. The molecule has 0 spiro atoms. The van der Waals surface area contributed by atoms with E-state index in [2.05, 4.69) is 62.7 Å². The number of nitrogens with one attached hydrogen (secondary N) is 2. The number of halogens is 2. The van der Waals surface area contributed by atoms with E-state index >= 15 is 0 Å². The zero-order valence-electron chi connectivity index (χ0n) is 16.7. The fraction of sp³-hybridized carbons (Fsp3) is 0.650. The van der Waals surface area contributed by atoms with Gasteiger partial charge in [0.15, 0.2) is 5.96 Å². The Bertz CT molecular complexity index is 640. The maximum atomic E-state index is 5.81. The van der Waals surface area contributed by atoms with Gasteiger partial charge in [-0.3, -0.25) is 4.99 Å². The maximum absolute atomic E-state index is 5.81. The van der Waals surface area contributed by atoms with Gasteiger partial charge in [0, 0.05) is 63.3 Å². The molecule has 28 heavy (non-hydrogen) atoms. The number of hydrogen-bond acceptors (Lipinski definition) is 4. The van der Waals surface area contributed by atoms with Gasteiger partial charge in [0.05, 0.1) is 17.8 Å². The van der Waals surface area contributed by atoms with E-state index in [1.54, 1.807) is 7.11 Å². The lowest BCUT2D eigenvalue weighted by molar-refractivity contribution is -0.0828. The molecule has 3 rings (SSSR count). The summed E-state index contributed by atoms with van der Waals surface area (Å²) >= 11 is 3.66. The Labute approximate surface area is 194 Å². The van der Waals surface area contributed by atoms with Crippen LogP contribution in [-0.2, 0) is 9.47 Å². The van der Waals surface area contributed by atoms with Crippen molar-refractivity contribution in [3.05, 3.63) is 28.7 Å². The van der Waals surface area contributed by atoms with Crippen molar-refractivity contribution in [2.45, 2.75) is 37.8 Å².